The Morgan fingerprint density at radius 1 is 1.14 bits per heavy atom. The number of rotatable bonds is 10. The van der Waals surface area contributed by atoms with Crippen molar-refractivity contribution in [3.05, 3.63) is 86.1 Å². The zero-order valence-electron chi connectivity index (χ0n) is 21.0. The van der Waals surface area contributed by atoms with Gasteiger partial charge in [-0.1, -0.05) is 29.5 Å². The fourth-order valence-corrected chi connectivity index (χ4v) is 4.63. The van der Waals surface area contributed by atoms with E-state index in [1.165, 1.54) is 4.90 Å². The van der Waals surface area contributed by atoms with Crippen molar-refractivity contribution in [3.8, 4) is 5.75 Å². The molecule has 0 saturated heterocycles. The predicted octanol–water partition coefficient (Wildman–Crippen LogP) is 3.48. The molecule has 4 rings (SSSR count). The van der Waals surface area contributed by atoms with Gasteiger partial charge in [0.25, 0.3) is 5.91 Å². The highest BCUT2D eigenvalue weighted by atomic mass is 32.1. The normalized spacial score (nSPS) is 11.8. The van der Waals surface area contributed by atoms with Crippen LogP contribution in [0.25, 0.3) is 10.9 Å². The van der Waals surface area contributed by atoms with Crippen molar-refractivity contribution in [2.75, 3.05) is 14.1 Å². The van der Waals surface area contributed by atoms with Gasteiger partial charge < -0.3 is 15.0 Å². The number of para-hydroxylation sites is 1. The van der Waals surface area contributed by atoms with Crippen molar-refractivity contribution in [1.82, 2.24) is 25.4 Å². The van der Waals surface area contributed by atoms with Crippen LogP contribution in [0.5, 0.6) is 5.75 Å². The number of carbonyl (C=O) groups is 2. The van der Waals surface area contributed by atoms with E-state index in [0.717, 1.165) is 33.5 Å². The van der Waals surface area contributed by atoms with Crippen molar-refractivity contribution in [3.63, 3.8) is 0 Å². The van der Waals surface area contributed by atoms with Crippen LogP contribution < -0.4 is 14.9 Å². The molecule has 0 bridgehead atoms. The van der Waals surface area contributed by atoms with Crippen LogP contribution in [0, 0.1) is 6.92 Å². The molecule has 0 aliphatic heterocycles. The Kier molecular flexibility index (Phi) is 8.29. The van der Waals surface area contributed by atoms with Gasteiger partial charge in [0, 0.05) is 55.2 Å². The molecule has 0 fully saturated rings. The topological polar surface area (TPSA) is 117 Å². The summed E-state index contributed by atoms with van der Waals surface area (Å²) < 4.78 is 6.00. The Morgan fingerprint density at radius 2 is 1.89 bits per heavy atom. The molecule has 192 valence electrons. The van der Waals surface area contributed by atoms with Crippen LogP contribution in [-0.2, 0) is 17.8 Å². The zero-order valence-corrected chi connectivity index (χ0v) is 21.8. The fraction of sp³-hybridized carbons (Fsp3) is 0.296. The van der Waals surface area contributed by atoms with Crippen LogP contribution in [0.3, 0.4) is 0 Å². The number of ether oxygens (including phenoxy) is 1. The van der Waals surface area contributed by atoms with Crippen molar-refractivity contribution >= 4 is 34.1 Å². The number of benzene rings is 2. The molecule has 2 amide bonds. The van der Waals surface area contributed by atoms with Crippen molar-refractivity contribution < 1.29 is 14.3 Å². The predicted molar refractivity (Wildman–Crippen MR) is 143 cm³/mol. The third kappa shape index (κ3) is 7.01. The lowest BCUT2D eigenvalue weighted by Crippen LogP contribution is -2.37. The molecule has 2 aromatic heterocycles. The van der Waals surface area contributed by atoms with Crippen molar-refractivity contribution in [1.29, 1.82) is 0 Å². The molecule has 0 saturated carbocycles. The number of pyridine rings is 1. The molecule has 4 aromatic rings. The van der Waals surface area contributed by atoms with E-state index in [9.17, 15) is 14.4 Å². The minimum atomic E-state index is -0.352. The average Bonchev–Trinajstić information content (AvgIpc) is 3.29. The van der Waals surface area contributed by atoms with Crippen LogP contribution in [0.4, 0.5) is 0 Å². The number of aromatic nitrogens is 3. The van der Waals surface area contributed by atoms with Gasteiger partial charge in [0.2, 0.25) is 5.91 Å². The highest BCUT2D eigenvalue weighted by Gasteiger charge is 2.19. The summed E-state index contributed by atoms with van der Waals surface area (Å²) in [5, 5.41) is 11.0. The molecule has 0 radical (unpaired) electrons. The summed E-state index contributed by atoms with van der Waals surface area (Å²) in [4.78, 5) is 42.3. The molecule has 0 aliphatic rings. The van der Waals surface area contributed by atoms with E-state index in [-0.39, 0.29) is 29.1 Å². The van der Waals surface area contributed by atoms with Crippen molar-refractivity contribution in [2.24, 2.45) is 0 Å². The second-order valence-corrected chi connectivity index (χ2v) is 10.0. The van der Waals surface area contributed by atoms with Gasteiger partial charge in [0.1, 0.15) is 17.4 Å². The van der Waals surface area contributed by atoms with Gasteiger partial charge in [-0.25, -0.2) is 5.10 Å². The first kappa shape index (κ1) is 26.0. The molecule has 10 heteroatoms. The number of fused-ring (bicyclic) bond motifs is 1. The number of H-pyrrole nitrogens is 1. The Hall–Kier alpha value is -4.05. The van der Waals surface area contributed by atoms with E-state index in [4.69, 9.17) is 4.74 Å². The summed E-state index contributed by atoms with van der Waals surface area (Å²) in [6.07, 6.45) is 1.06. The third-order valence-electron chi connectivity index (χ3n) is 5.88. The SMILES string of the molecule is Cc1cc(COc2ccc(C(=O)NC(CCC(=O)N(C)C)Cc3n[nH]c(=O)s3)cc2)c2ccccc2n1. The molecule has 0 spiro atoms. The lowest BCUT2D eigenvalue weighted by molar-refractivity contribution is -0.128. The Balaban J connectivity index is 1.40. The van der Waals surface area contributed by atoms with Gasteiger partial charge in [0.15, 0.2) is 0 Å². The number of amides is 2. The van der Waals surface area contributed by atoms with E-state index >= 15 is 0 Å². The quantitative estimate of drug-likeness (QED) is 0.331. The Morgan fingerprint density at radius 3 is 2.59 bits per heavy atom. The third-order valence-corrected chi connectivity index (χ3v) is 6.66. The zero-order chi connectivity index (χ0) is 26.4. The van der Waals surface area contributed by atoms with Gasteiger partial charge in [-0.05, 0) is 49.7 Å². The average molecular weight is 520 g/mol. The van der Waals surface area contributed by atoms with Crippen LogP contribution in [0.1, 0.15) is 39.5 Å². The van der Waals surface area contributed by atoms with Crippen molar-refractivity contribution in [2.45, 2.75) is 38.8 Å². The smallest absolute Gasteiger partial charge is 0.322 e. The first-order chi connectivity index (χ1) is 17.8. The molecule has 0 aliphatic carbocycles. The van der Waals surface area contributed by atoms with E-state index in [0.29, 0.717) is 35.8 Å². The maximum absolute atomic E-state index is 13.0. The van der Waals surface area contributed by atoms with Crippen LogP contribution in [-0.4, -0.2) is 52.0 Å². The number of nitrogens with zero attached hydrogens (tertiary/aromatic N) is 3. The van der Waals surface area contributed by atoms with Gasteiger partial charge >= 0.3 is 4.87 Å². The lowest BCUT2D eigenvalue weighted by Gasteiger charge is -2.19. The van der Waals surface area contributed by atoms with E-state index in [2.05, 4.69) is 20.5 Å². The Labute approximate surface area is 218 Å². The fourth-order valence-electron chi connectivity index (χ4n) is 3.95. The molecule has 2 heterocycles. The van der Waals surface area contributed by atoms with E-state index in [1.54, 1.807) is 38.4 Å². The Bertz CT molecular complexity index is 1450. The first-order valence-corrected chi connectivity index (χ1v) is 12.7. The van der Waals surface area contributed by atoms with Gasteiger partial charge in [0.05, 0.1) is 5.52 Å². The molecule has 37 heavy (non-hydrogen) atoms. The highest BCUT2D eigenvalue weighted by Crippen LogP contribution is 2.21. The van der Waals surface area contributed by atoms with Crippen LogP contribution in [0.2, 0.25) is 0 Å². The minimum absolute atomic E-state index is 0.0341. The molecular formula is C27H29N5O4S. The van der Waals surface area contributed by atoms with Crippen LogP contribution >= 0.6 is 11.3 Å². The second kappa shape index (κ2) is 11.8. The summed E-state index contributed by atoms with van der Waals surface area (Å²) in [6.45, 7) is 2.34. The number of aryl methyl sites for hydroxylation is 1. The van der Waals surface area contributed by atoms with Gasteiger partial charge in [-0.2, -0.15) is 5.10 Å². The monoisotopic (exact) mass is 519 g/mol. The van der Waals surface area contributed by atoms with Crippen LogP contribution in [0.15, 0.2) is 59.4 Å². The summed E-state index contributed by atoms with van der Waals surface area (Å²) in [5.41, 5.74) is 3.36. The molecule has 9 nitrogen and oxygen atoms in total. The van der Waals surface area contributed by atoms with Gasteiger partial charge in [-0.15, -0.1) is 0 Å². The van der Waals surface area contributed by atoms with E-state index < -0.39 is 0 Å². The molecular weight excluding hydrogens is 490 g/mol. The maximum atomic E-state index is 13.0. The number of hydrogen-bond donors (Lipinski definition) is 2. The highest BCUT2D eigenvalue weighted by molar-refractivity contribution is 7.08. The minimum Gasteiger partial charge on any atom is -0.489 e. The lowest BCUT2D eigenvalue weighted by atomic mass is 10.1. The standard InChI is InChI=1S/C27H29N5O4S/c1-17-14-19(22-6-4-5-7-23(22)28-17)16-36-21-11-8-18(9-12-21)26(34)29-20(10-13-25(33)32(2)3)15-24-30-31-27(35)37-24/h4-9,11-12,14,20H,10,13,15-16H2,1-3H3,(H,29,34)(H,31,35). The number of carbonyl (C=O) groups excluding carboxylic acids is 2. The van der Waals surface area contributed by atoms with Gasteiger partial charge in [-0.3, -0.25) is 19.4 Å². The summed E-state index contributed by atoms with van der Waals surface area (Å²) in [5.74, 6) is 0.338. The number of nitrogens with one attached hydrogen (secondary N) is 2. The number of aromatic amines is 1. The molecule has 2 aromatic carbocycles. The molecule has 2 N–H and O–H groups in total. The summed E-state index contributed by atoms with van der Waals surface area (Å²) in [6, 6.07) is 16.5. The summed E-state index contributed by atoms with van der Waals surface area (Å²) in [7, 11) is 3.38. The number of hydrogen-bond acceptors (Lipinski definition) is 7. The maximum Gasteiger partial charge on any atom is 0.322 e. The largest absolute Gasteiger partial charge is 0.489 e. The molecule has 1 unspecified atom stereocenters. The van der Waals surface area contributed by atoms with E-state index in [1.807, 2.05) is 37.3 Å². The second-order valence-electron chi connectivity index (χ2n) is 8.96. The molecule has 1 atom stereocenters. The summed E-state index contributed by atoms with van der Waals surface area (Å²) >= 11 is 0.997. The first-order valence-electron chi connectivity index (χ1n) is 11.9.